The summed E-state index contributed by atoms with van der Waals surface area (Å²) in [5.74, 6) is 0.816. The van der Waals surface area contributed by atoms with Crippen LogP contribution in [0.1, 0.15) is 64.0 Å². The molecular weight excluding hydrogens is 366 g/mol. The third kappa shape index (κ3) is 7.84. The highest BCUT2D eigenvalue weighted by molar-refractivity contribution is 5.84. The van der Waals surface area contributed by atoms with Gasteiger partial charge in [-0.25, -0.2) is 0 Å². The third-order valence-corrected chi connectivity index (χ3v) is 6.02. The second-order valence-electron chi connectivity index (χ2n) is 8.28. The van der Waals surface area contributed by atoms with E-state index in [0.717, 1.165) is 25.0 Å². The van der Waals surface area contributed by atoms with Gasteiger partial charge in [-0.3, -0.25) is 9.59 Å². The summed E-state index contributed by atoms with van der Waals surface area (Å²) in [7, 11) is 3.62. The van der Waals surface area contributed by atoms with Crippen molar-refractivity contribution in [1.29, 1.82) is 0 Å². The summed E-state index contributed by atoms with van der Waals surface area (Å²) < 4.78 is 7.23. The first-order valence-electron chi connectivity index (χ1n) is 11.2. The number of nitrogens with zero attached hydrogens (tertiary/aromatic N) is 3. The minimum Gasteiger partial charge on any atom is -0.383 e. The summed E-state index contributed by atoms with van der Waals surface area (Å²) in [6.07, 6.45) is 10.5. The first-order chi connectivity index (χ1) is 14.0. The first-order valence-corrected chi connectivity index (χ1v) is 11.2. The molecule has 0 aliphatic heterocycles. The van der Waals surface area contributed by atoms with Gasteiger partial charge in [0, 0.05) is 45.6 Å². The maximum absolute atomic E-state index is 13.1. The fraction of sp³-hybridized carbons (Fsp3) is 0.739. The maximum atomic E-state index is 13.1. The zero-order valence-electron chi connectivity index (χ0n) is 18.6. The predicted octanol–water partition coefficient (Wildman–Crippen LogP) is 3.60. The van der Waals surface area contributed by atoms with Gasteiger partial charge in [-0.05, 0) is 30.9 Å². The Bertz CT molecular complexity index is 623. The second kappa shape index (κ2) is 12.7. The monoisotopic (exact) mass is 405 g/mol. The Balaban J connectivity index is 1.97. The predicted molar refractivity (Wildman–Crippen MR) is 115 cm³/mol. The van der Waals surface area contributed by atoms with E-state index in [1.54, 1.807) is 12.0 Å². The average molecular weight is 406 g/mol. The molecule has 0 bridgehead atoms. The fourth-order valence-electron chi connectivity index (χ4n) is 4.04. The number of methoxy groups -OCH3 is 1. The number of amides is 2. The molecule has 1 aromatic heterocycles. The van der Waals surface area contributed by atoms with Crippen LogP contribution in [0.5, 0.6) is 0 Å². The molecule has 6 nitrogen and oxygen atoms in total. The van der Waals surface area contributed by atoms with Gasteiger partial charge >= 0.3 is 0 Å². The Kier molecular flexibility index (Phi) is 10.3. The highest BCUT2D eigenvalue weighted by Gasteiger charge is 2.23. The van der Waals surface area contributed by atoms with Crippen LogP contribution in [0.15, 0.2) is 18.3 Å². The minimum atomic E-state index is -0.00595. The zero-order chi connectivity index (χ0) is 21.1. The van der Waals surface area contributed by atoms with Crippen molar-refractivity contribution in [2.24, 2.45) is 13.0 Å². The Morgan fingerprint density at radius 2 is 1.93 bits per heavy atom. The van der Waals surface area contributed by atoms with Gasteiger partial charge in [-0.1, -0.05) is 39.0 Å². The van der Waals surface area contributed by atoms with Gasteiger partial charge in [-0.15, -0.1) is 0 Å². The van der Waals surface area contributed by atoms with E-state index in [4.69, 9.17) is 4.74 Å². The Morgan fingerprint density at radius 3 is 2.55 bits per heavy atom. The van der Waals surface area contributed by atoms with Crippen LogP contribution in [0.4, 0.5) is 0 Å². The number of aromatic nitrogens is 1. The quantitative estimate of drug-likeness (QED) is 0.504. The van der Waals surface area contributed by atoms with Crippen LogP contribution in [0, 0.1) is 5.92 Å². The molecule has 0 aromatic carbocycles. The number of hydrogen-bond acceptors (Lipinski definition) is 3. The first kappa shape index (κ1) is 23.5. The van der Waals surface area contributed by atoms with Crippen LogP contribution in [-0.4, -0.2) is 59.5 Å². The molecule has 164 valence electrons. The lowest BCUT2D eigenvalue weighted by Crippen LogP contribution is -2.44. The van der Waals surface area contributed by atoms with Gasteiger partial charge in [0.1, 0.15) is 0 Å². The summed E-state index contributed by atoms with van der Waals surface area (Å²) in [4.78, 5) is 29.6. The molecule has 2 rings (SSSR count). The van der Waals surface area contributed by atoms with Crippen LogP contribution in [0.2, 0.25) is 0 Å². The van der Waals surface area contributed by atoms with E-state index >= 15 is 0 Å². The lowest BCUT2D eigenvalue weighted by molar-refractivity contribution is -0.141. The number of rotatable bonds is 13. The van der Waals surface area contributed by atoms with Crippen LogP contribution < -0.4 is 0 Å². The van der Waals surface area contributed by atoms with E-state index in [-0.39, 0.29) is 18.4 Å². The highest BCUT2D eigenvalue weighted by Crippen LogP contribution is 2.28. The molecule has 1 heterocycles. The van der Waals surface area contributed by atoms with E-state index in [9.17, 15) is 9.59 Å². The molecule has 29 heavy (non-hydrogen) atoms. The maximum Gasteiger partial charge on any atom is 0.242 e. The number of ether oxygens (including phenoxy) is 1. The summed E-state index contributed by atoms with van der Waals surface area (Å²) in [6, 6.07) is 4.00. The smallest absolute Gasteiger partial charge is 0.242 e. The fourth-order valence-corrected chi connectivity index (χ4v) is 4.04. The van der Waals surface area contributed by atoms with Crippen molar-refractivity contribution in [2.75, 3.05) is 33.4 Å². The van der Waals surface area contributed by atoms with Crippen molar-refractivity contribution in [3.8, 4) is 0 Å². The van der Waals surface area contributed by atoms with E-state index in [1.807, 2.05) is 34.8 Å². The average Bonchev–Trinajstić information content (AvgIpc) is 3.38. The van der Waals surface area contributed by atoms with Crippen LogP contribution in [0.25, 0.3) is 0 Å². The van der Waals surface area contributed by atoms with Crippen molar-refractivity contribution < 1.29 is 14.3 Å². The van der Waals surface area contributed by atoms with Crippen molar-refractivity contribution in [1.82, 2.24) is 14.4 Å². The second-order valence-corrected chi connectivity index (χ2v) is 8.28. The topological polar surface area (TPSA) is 54.8 Å². The number of unbranched alkanes of at least 4 members (excludes halogenated alkanes) is 1. The SMILES string of the molecule is CCCCN(CC(=O)N(CCOC)Cc1cccn1C)C(=O)CCC1CCCC1. The normalized spacial score (nSPS) is 14.3. The molecule has 0 saturated heterocycles. The lowest BCUT2D eigenvalue weighted by atomic mass is 10.0. The summed E-state index contributed by atoms with van der Waals surface area (Å²) >= 11 is 0. The molecule has 1 aliphatic rings. The number of hydrogen-bond donors (Lipinski definition) is 0. The van der Waals surface area contributed by atoms with Crippen molar-refractivity contribution >= 4 is 11.8 Å². The van der Waals surface area contributed by atoms with E-state index in [2.05, 4.69) is 6.92 Å². The largest absolute Gasteiger partial charge is 0.383 e. The van der Waals surface area contributed by atoms with Crippen LogP contribution in [0.3, 0.4) is 0 Å². The molecule has 1 aliphatic carbocycles. The van der Waals surface area contributed by atoms with Gasteiger partial charge in [0.2, 0.25) is 11.8 Å². The van der Waals surface area contributed by atoms with Crippen LogP contribution in [-0.2, 0) is 27.9 Å². The molecule has 0 N–H and O–H groups in total. The minimum absolute atomic E-state index is 0.00595. The van der Waals surface area contributed by atoms with Gasteiger partial charge in [-0.2, -0.15) is 0 Å². The molecule has 1 saturated carbocycles. The van der Waals surface area contributed by atoms with Crippen LogP contribution >= 0.6 is 0 Å². The van der Waals surface area contributed by atoms with Gasteiger partial charge in [0.05, 0.1) is 19.7 Å². The lowest BCUT2D eigenvalue weighted by Gasteiger charge is -2.28. The standard InChI is InChI=1S/C23H39N3O3/c1-4-5-15-25(22(27)13-12-20-9-6-7-10-20)19-23(28)26(16-17-29-3)18-21-11-8-14-24(21)2/h8,11,14,20H,4-7,9-10,12-13,15-19H2,1-3H3. The molecule has 0 atom stereocenters. The van der Waals surface area contributed by atoms with Gasteiger partial charge < -0.3 is 19.1 Å². The molecule has 2 amide bonds. The van der Waals surface area contributed by atoms with E-state index < -0.39 is 0 Å². The molecule has 0 unspecified atom stereocenters. The molecular formula is C23H39N3O3. The Hall–Kier alpha value is -1.82. The molecule has 1 aromatic rings. The van der Waals surface area contributed by atoms with Crippen molar-refractivity contribution in [3.05, 3.63) is 24.0 Å². The molecule has 0 radical (unpaired) electrons. The van der Waals surface area contributed by atoms with Gasteiger partial charge in [0.15, 0.2) is 0 Å². The van der Waals surface area contributed by atoms with Crippen molar-refractivity contribution in [3.63, 3.8) is 0 Å². The van der Waals surface area contributed by atoms with Crippen molar-refractivity contribution in [2.45, 2.75) is 64.8 Å². The molecule has 6 heteroatoms. The zero-order valence-corrected chi connectivity index (χ0v) is 18.6. The van der Waals surface area contributed by atoms with E-state index in [0.29, 0.717) is 38.6 Å². The molecule has 0 spiro atoms. The summed E-state index contributed by atoms with van der Waals surface area (Å²) in [5, 5.41) is 0. The molecule has 1 fully saturated rings. The third-order valence-electron chi connectivity index (χ3n) is 6.02. The summed E-state index contributed by atoms with van der Waals surface area (Å²) in [5.41, 5.74) is 1.07. The number of aryl methyl sites for hydroxylation is 1. The summed E-state index contributed by atoms with van der Waals surface area (Å²) in [6.45, 7) is 4.48. The van der Waals surface area contributed by atoms with E-state index in [1.165, 1.54) is 25.7 Å². The Morgan fingerprint density at radius 1 is 1.17 bits per heavy atom. The van der Waals surface area contributed by atoms with Gasteiger partial charge in [0.25, 0.3) is 0 Å². The highest BCUT2D eigenvalue weighted by atomic mass is 16.5. The Labute approximate surface area is 176 Å². The number of carbonyl (C=O) groups excluding carboxylic acids is 2. The number of carbonyl (C=O) groups is 2.